The number of nitrogens with zero attached hydrogens (tertiary/aromatic N) is 2. The molecule has 1 saturated heterocycles. The van der Waals surface area contributed by atoms with Crippen molar-refractivity contribution in [2.24, 2.45) is 0 Å². The first-order chi connectivity index (χ1) is 4.66. The highest BCUT2D eigenvalue weighted by atomic mass is 15.4. The van der Waals surface area contributed by atoms with Crippen molar-refractivity contribution in [2.75, 3.05) is 6.54 Å². The summed E-state index contributed by atoms with van der Waals surface area (Å²) in [6.45, 7) is 8.47. The Morgan fingerprint density at radius 2 is 2.50 bits per heavy atom. The zero-order chi connectivity index (χ0) is 7.78. The van der Waals surface area contributed by atoms with Crippen molar-refractivity contribution in [1.29, 1.82) is 5.26 Å². The van der Waals surface area contributed by atoms with E-state index < -0.39 is 0 Å². The van der Waals surface area contributed by atoms with Crippen molar-refractivity contribution in [3.05, 3.63) is 12.7 Å². The molecule has 3 atom stereocenters. The fourth-order valence-electron chi connectivity index (χ4n) is 1.28. The minimum atomic E-state index is -0.214. The summed E-state index contributed by atoms with van der Waals surface area (Å²) in [6, 6.07) is 2.68. The quantitative estimate of drug-likeness (QED) is 0.420. The van der Waals surface area contributed by atoms with E-state index in [0.717, 1.165) is 6.54 Å². The summed E-state index contributed by atoms with van der Waals surface area (Å²) in [6.07, 6.45) is 1.83. The minimum absolute atomic E-state index is 0.214. The van der Waals surface area contributed by atoms with Gasteiger partial charge in [0, 0.05) is 12.6 Å². The van der Waals surface area contributed by atoms with Crippen LogP contribution in [0.2, 0.25) is 0 Å². The monoisotopic (exact) mass is 136 g/mol. The molecule has 3 unspecified atom stereocenters. The molecule has 0 bridgehead atoms. The van der Waals surface area contributed by atoms with Gasteiger partial charge in [-0.15, -0.1) is 6.58 Å². The van der Waals surface area contributed by atoms with Crippen LogP contribution in [0.4, 0.5) is 0 Å². The van der Waals surface area contributed by atoms with Gasteiger partial charge in [-0.1, -0.05) is 6.08 Å². The third kappa shape index (κ3) is 0.748. The van der Waals surface area contributed by atoms with E-state index in [1.54, 1.807) is 0 Å². The van der Waals surface area contributed by atoms with Gasteiger partial charge in [-0.25, -0.2) is 0 Å². The number of hydrogen-bond donors (Lipinski definition) is 0. The average molecular weight is 136 g/mol. The van der Waals surface area contributed by atoms with Gasteiger partial charge >= 0.3 is 0 Å². The first-order valence-electron chi connectivity index (χ1n) is 3.45. The van der Waals surface area contributed by atoms with Crippen molar-refractivity contribution >= 4 is 0 Å². The molecule has 0 saturated carbocycles. The summed E-state index contributed by atoms with van der Waals surface area (Å²) in [4.78, 5) is 2.11. The third-order valence-corrected chi connectivity index (χ3v) is 2.36. The standard InChI is InChI=1S/C8H12N2/c1-4-5-10-7(2)8(10,3)6-9/h4,7H,1,5H2,2-3H3. The Labute approximate surface area is 61.8 Å². The first kappa shape index (κ1) is 7.30. The van der Waals surface area contributed by atoms with Crippen molar-refractivity contribution in [2.45, 2.75) is 25.4 Å². The Morgan fingerprint density at radius 3 is 2.80 bits per heavy atom. The summed E-state index contributed by atoms with van der Waals surface area (Å²) in [7, 11) is 0. The van der Waals surface area contributed by atoms with Gasteiger partial charge < -0.3 is 0 Å². The van der Waals surface area contributed by atoms with Crippen LogP contribution >= 0.6 is 0 Å². The fraction of sp³-hybridized carbons (Fsp3) is 0.625. The lowest BCUT2D eigenvalue weighted by Gasteiger charge is -1.97. The van der Waals surface area contributed by atoms with Gasteiger partial charge in [0.15, 0.2) is 0 Å². The molecule has 1 fully saturated rings. The van der Waals surface area contributed by atoms with E-state index >= 15 is 0 Å². The van der Waals surface area contributed by atoms with Gasteiger partial charge in [-0.05, 0) is 13.8 Å². The maximum atomic E-state index is 8.71. The second kappa shape index (κ2) is 2.10. The molecule has 2 nitrogen and oxygen atoms in total. The Hall–Kier alpha value is -0.810. The smallest absolute Gasteiger partial charge is 0.122 e. The molecular weight excluding hydrogens is 124 g/mol. The molecule has 0 aromatic carbocycles. The van der Waals surface area contributed by atoms with Crippen molar-refractivity contribution in [1.82, 2.24) is 4.90 Å². The Balaban J connectivity index is 2.57. The average Bonchev–Trinajstić information content (AvgIpc) is 2.43. The molecule has 1 aliphatic rings. The van der Waals surface area contributed by atoms with Gasteiger partial charge in [-0.2, -0.15) is 5.26 Å². The summed E-state index contributed by atoms with van der Waals surface area (Å²) in [5, 5.41) is 8.71. The van der Waals surface area contributed by atoms with E-state index in [0.29, 0.717) is 6.04 Å². The van der Waals surface area contributed by atoms with E-state index in [2.05, 4.69) is 24.5 Å². The normalized spacial score (nSPS) is 44.1. The van der Waals surface area contributed by atoms with Gasteiger partial charge in [0.05, 0.1) is 6.07 Å². The molecule has 10 heavy (non-hydrogen) atoms. The van der Waals surface area contributed by atoms with Crippen LogP contribution in [0.1, 0.15) is 13.8 Å². The van der Waals surface area contributed by atoms with Gasteiger partial charge in [0.25, 0.3) is 0 Å². The van der Waals surface area contributed by atoms with Crippen LogP contribution in [-0.4, -0.2) is 23.0 Å². The predicted octanol–water partition coefficient (Wildman–Crippen LogP) is 1.16. The number of rotatable bonds is 2. The molecule has 2 heteroatoms. The topological polar surface area (TPSA) is 26.8 Å². The Bertz CT molecular complexity index is 192. The minimum Gasteiger partial charge on any atom is -0.275 e. The second-order valence-corrected chi connectivity index (χ2v) is 2.88. The molecule has 0 aliphatic carbocycles. The zero-order valence-corrected chi connectivity index (χ0v) is 6.46. The van der Waals surface area contributed by atoms with Crippen LogP contribution in [-0.2, 0) is 0 Å². The first-order valence-corrected chi connectivity index (χ1v) is 3.45. The van der Waals surface area contributed by atoms with Gasteiger partial charge in [-0.3, -0.25) is 4.90 Å². The summed E-state index contributed by atoms with van der Waals surface area (Å²) < 4.78 is 0. The van der Waals surface area contributed by atoms with Crippen LogP contribution < -0.4 is 0 Å². The zero-order valence-electron chi connectivity index (χ0n) is 6.46. The third-order valence-electron chi connectivity index (χ3n) is 2.36. The second-order valence-electron chi connectivity index (χ2n) is 2.88. The van der Waals surface area contributed by atoms with E-state index in [9.17, 15) is 0 Å². The molecule has 0 aromatic rings. The summed E-state index contributed by atoms with van der Waals surface area (Å²) in [5.74, 6) is 0. The molecule has 1 aliphatic heterocycles. The molecule has 0 radical (unpaired) electrons. The summed E-state index contributed by atoms with van der Waals surface area (Å²) >= 11 is 0. The van der Waals surface area contributed by atoms with E-state index in [1.165, 1.54) is 0 Å². The maximum absolute atomic E-state index is 8.71. The van der Waals surface area contributed by atoms with Crippen LogP contribution in [0.15, 0.2) is 12.7 Å². The van der Waals surface area contributed by atoms with Crippen LogP contribution in [0.25, 0.3) is 0 Å². The van der Waals surface area contributed by atoms with Gasteiger partial charge in [0.2, 0.25) is 0 Å². The lowest BCUT2D eigenvalue weighted by molar-refractivity contribution is 0.513. The van der Waals surface area contributed by atoms with Crippen molar-refractivity contribution in [3.8, 4) is 6.07 Å². The summed E-state index contributed by atoms with van der Waals surface area (Å²) in [5.41, 5.74) is -0.214. The lowest BCUT2D eigenvalue weighted by Crippen LogP contribution is -2.10. The van der Waals surface area contributed by atoms with Crippen LogP contribution in [0, 0.1) is 11.3 Å². The van der Waals surface area contributed by atoms with Crippen LogP contribution in [0.3, 0.4) is 0 Å². The SMILES string of the molecule is C=CCN1C(C)C1(C)C#N. The Morgan fingerprint density at radius 1 is 1.90 bits per heavy atom. The molecule has 1 rings (SSSR count). The predicted molar refractivity (Wildman–Crippen MR) is 40.4 cm³/mol. The lowest BCUT2D eigenvalue weighted by atomic mass is 10.1. The fourth-order valence-corrected chi connectivity index (χ4v) is 1.28. The highest BCUT2D eigenvalue weighted by Crippen LogP contribution is 2.39. The van der Waals surface area contributed by atoms with Gasteiger partial charge in [0.1, 0.15) is 5.54 Å². The number of hydrogen-bond acceptors (Lipinski definition) is 2. The van der Waals surface area contributed by atoms with Crippen LogP contribution in [0.5, 0.6) is 0 Å². The largest absolute Gasteiger partial charge is 0.275 e. The molecule has 0 spiro atoms. The molecule has 0 aromatic heterocycles. The molecular formula is C8H12N2. The highest BCUT2D eigenvalue weighted by Gasteiger charge is 2.55. The molecule has 0 amide bonds. The Kier molecular flexibility index (Phi) is 1.53. The van der Waals surface area contributed by atoms with Crippen molar-refractivity contribution in [3.63, 3.8) is 0 Å². The highest BCUT2D eigenvalue weighted by molar-refractivity contribution is 5.25. The van der Waals surface area contributed by atoms with E-state index in [4.69, 9.17) is 5.26 Å². The van der Waals surface area contributed by atoms with Crippen molar-refractivity contribution < 1.29 is 0 Å². The molecule has 1 heterocycles. The number of nitriles is 1. The maximum Gasteiger partial charge on any atom is 0.122 e. The molecule has 0 N–H and O–H groups in total. The van der Waals surface area contributed by atoms with E-state index in [-0.39, 0.29) is 5.54 Å². The molecule has 54 valence electrons. The van der Waals surface area contributed by atoms with E-state index in [1.807, 2.05) is 13.0 Å².